The van der Waals surface area contributed by atoms with Crippen molar-refractivity contribution in [3.8, 4) is 0 Å². The van der Waals surface area contributed by atoms with E-state index in [1.807, 2.05) is 0 Å². The van der Waals surface area contributed by atoms with Crippen LogP contribution in [-0.4, -0.2) is 37.4 Å². The molecular weight excluding hydrogens is 222 g/mol. The Kier molecular flexibility index (Phi) is 3.48. The van der Waals surface area contributed by atoms with Gasteiger partial charge >= 0.3 is 5.97 Å². The second kappa shape index (κ2) is 4.45. The third kappa shape index (κ3) is 2.80. The number of nitrogens with zero attached hydrogens (tertiary/aromatic N) is 1. The third-order valence-corrected chi connectivity index (χ3v) is 3.68. The molecule has 6 nitrogen and oxygen atoms in total. The third-order valence-electron chi connectivity index (χ3n) is 1.84. The van der Waals surface area contributed by atoms with Crippen molar-refractivity contribution in [1.29, 1.82) is 0 Å². The zero-order valence-corrected chi connectivity index (χ0v) is 8.90. The summed E-state index contributed by atoms with van der Waals surface area (Å²) in [6.45, 7) is -0.0666. The van der Waals surface area contributed by atoms with Gasteiger partial charge in [-0.2, -0.15) is 0 Å². The second-order valence-electron chi connectivity index (χ2n) is 2.93. The van der Waals surface area contributed by atoms with Crippen molar-refractivity contribution in [3.05, 3.63) is 18.6 Å². The summed E-state index contributed by atoms with van der Waals surface area (Å²) in [5, 5.41) is 8.42. The smallest absolute Gasteiger partial charge is 0.304 e. The molecule has 7 heteroatoms. The first-order valence-corrected chi connectivity index (χ1v) is 5.59. The van der Waals surface area contributed by atoms with Gasteiger partial charge in [0.05, 0.1) is 12.7 Å². The predicted octanol–water partition coefficient (Wildman–Crippen LogP) is 0.375. The van der Waals surface area contributed by atoms with Crippen molar-refractivity contribution in [3.63, 3.8) is 0 Å². The molecule has 15 heavy (non-hydrogen) atoms. The number of carboxylic acid groups (broad SMARTS) is 1. The number of carboxylic acids is 1. The summed E-state index contributed by atoms with van der Waals surface area (Å²) in [4.78, 5) is 10.3. The number of aliphatic carboxylic acids is 1. The Balaban J connectivity index is 2.75. The van der Waals surface area contributed by atoms with E-state index in [4.69, 9.17) is 5.11 Å². The summed E-state index contributed by atoms with van der Waals surface area (Å²) < 4.78 is 29.0. The summed E-state index contributed by atoms with van der Waals surface area (Å²) in [7, 11) is -2.29. The summed E-state index contributed by atoms with van der Waals surface area (Å²) in [6, 6.07) is 1.31. The average Bonchev–Trinajstić information content (AvgIpc) is 2.66. The van der Waals surface area contributed by atoms with Crippen LogP contribution < -0.4 is 0 Å². The Morgan fingerprint density at radius 2 is 2.27 bits per heavy atom. The Morgan fingerprint density at radius 3 is 2.73 bits per heavy atom. The van der Waals surface area contributed by atoms with Crippen LogP contribution in [0.2, 0.25) is 0 Å². The highest BCUT2D eigenvalue weighted by Crippen LogP contribution is 2.14. The molecule has 1 N–H and O–H groups in total. The fourth-order valence-electron chi connectivity index (χ4n) is 0.952. The molecule has 0 saturated carbocycles. The van der Waals surface area contributed by atoms with Crippen molar-refractivity contribution < 1.29 is 22.7 Å². The van der Waals surface area contributed by atoms with Crippen LogP contribution in [0.3, 0.4) is 0 Å². The zero-order valence-electron chi connectivity index (χ0n) is 8.08. The van der Waals surface area contributed by atoms with Gasteiger partial charge in [0.1, 0.15) is 11.2 Å². The van der Waals surface area contributed by atoms with Gasteiger partial charge in [0.2, 0.25) is 10.0 Å². The van der Waals surface area contributed by atoms with E-state index in [1.54, 1.807) is 0 Å². The highest BCUT2D eigenvalue weighted by molar-refractivity contribution is 7.89. The summed E-state index contributed by atoms with van der Waals surface area (Å²) in [6.07, 6.45) is 2.12. The molecular formula is C8H11NO5S. The molecule has 0 bridgehead atoms. The minimum atomic E-state index is -3.62. The molecule has 0 spiro atoms. The van der Waals surface area contributed by atoms with Gasteiger partial charge in [-0.1, -0.05) is 0 Å². The van der Waals surface area contributed by atoms with E-state index in [0.29, 0.717) is 0 Å². The molecule has 84 valence electrons. The summed E-state index contributed by atoms with van der Waals surface area (Å²) in [5.74, 6) is -1.04. The molecule has 0 fully saturated rings. The Labute approximate surface area is 87.2 Å². The topological polar surface area (TPSA) is 87.8 Å². The van der Waals surface area contributed by atoms with Gasteiger partial charge in [-0.25, -0.2) is 12.7 Å². The first kappa shape index (κ1) is 11.7. The highest BCUT2D eigenvalue weighted by atomic mass is 32.2. The normalized spacial score (nSPS) is 11.9. The van der Waals surface area contributed by atoms with Gasteiger partial charge in [-0.3, -0.25) is 4.79 Å². The van der Waals surface area contributed by atoms with E-state index < -0.39 is 16.0 Å². The lowest BCUT2D eigenvalue weighted by atomic mass is 10.4. The molecule has 0 aliphatic rings. The van der Waals surface area contributed by atoms with Crippen LogP contribution in [0.4, 0.5) is 0 Å². The van der Waals surface area contributed by atoms with Gasteiger partial charge < -0.3 is 9.52 Å². The maximum absolute atomic E-state index is 11.7. The quantitative estimate of drug-likeness (QED) is 0.794. The lowest BCUT2D eigenvalue weighted by molar-refractivity contribution is -0.137. The van der Waals surface area contributed by atoms with Crippen molar-refractivity contribution in [2.45, 2.75) is 11.3 Å². The SMILES string of the molecule is CN(CCC(=O)O)S(=O)(=O)c1ccoc1. The van der Waals surface area contributed by atoms with Crippen LogP contribution in [0.5, 0.6) is 0 Å². The number of sulfonamides is 1. The van der Waals surface area contributed by atoms with E-state index in [9.17, 15) is 13.2 Å². The van der Waals surface area contributed by atoms with Crippen LogP contribution >= 0.6 is 0 Å². The highest BCUT2D eigenvalue weighted by Gasteiger charge is 2.21. The van der Waals surface area contributed by atoms with Crippen molar-refractivity contribution >= 4 is 16.0 Å². The van der Waals surface area contributed by atoms with Crippen LogP contribution in [0.25, 0.3) is 0 Å². The van der Waals surface area contributed by atoms with E-state index in [-0.39, 0.29) is 17.9 Å². The molecule has 1 aromatic heterocycles. The van der Waals surface area contributed by atoms with Crippen LogP contribution in [-0.2, 0) is 14.8 Å². The second-order valence-corrected chi connectivity index (χ2v) is 4.97. The minimum absolute atomic E-state index is 0.0235. The zero-order chi connectivity index (χ0) is 11.5. The molecule has 0 amide bonds. The summed E-state index contributed by atoms with van der Waals surface area (Å²) in [5.41, 5.74) is 0. The minimum Gasteiger partial charge on any atom is -0.481 e. The standard InChI is InChI=1S/C8H11NO5S/c1-9(4-2-8(10)11)15(12,13)7-3-5-14-6-7/h3,5-6H,2,4H2,1H3,(H,10,11). The van der Waals surface area contributed by atoms with Gasteiger partial charge in [0.25, 0.3) is 0 Å². The first-order valence-electron chi connectivity index (χ1n) is 4.15. The lowest BCUT2D eigenvalue weighted by Crippen LogP contribution is -2.28. The van der Waals surface area contributed by atoms with E-state index in [2.05, 4.69) is 4.42 Å². The molecule has 0 aliphatic heterocycles. The number of hydrogen-bond donors (Lipinski definition) is 1. The van der Waals surface area contributed by atoms with Crippen LogP contribution in [0.15, 0.2) is 27.9 Å². The number of rotatable bonds is 5. The van der Waals surface area contributed by atoms with E-state index in [0.717, 1.165) is 10.6 Å². The molecule has 0 aliphatic carbocycles. The van der Waals surface area contributed by atoms with E-state index in [1.165, 1.54) is 19.4 Å². The van der Waals surface area contributed by atoms with Crippen molar-refractivity contribution in [2.24, 2.45) is 0 Å². The van der Waals surface area contributed by atoms with E-state index >= 15 is 0 Å². The van der Waals surface area contributed by atoms with Crippen molar-refractivity contribution in [2.75, 3.05) is 13.6 Å². The largest absolute Gasteiger partial charge is 0.481 e. The molecule has 0 atom stereocenters. The molecule has 0 unspecified atom stereocenters. The van der Waals surface area contributed by atoms with Gasteiger partial charge in [0.15, 0.2) is 0 Å². The molecule has 1 rings (SSSR count). The van der Waals surface area contributed by atoms with Gasteiger partial charge in [-0.15, -0.1) is 0 Å². The van der Waals surface area contributed by atoms with Gasteiger partial charge in [-0.05, 0) is 6.07 Å². The first-order chi connectivity index (χ1) is 6.94. The molecule has 1 heterocycles. The maximum Gasteiger partial charge on any atom is 0.304 e. The Bertz CT molecular complexity index is 422. The summed E-state index contributed by atoms with van der Waals surface area (Å²) >= 11 is 0. The number of hydrogen-bond acceptors (Lipinski definition) is 4. The number of furan rings is 1. The Morgan fingerprint density at radius 1 is 1.60 bits per heavy atom. The molecule has 0 aromatic carbocycles. The van der Waals surface area contributed by atoms with Crippen LogP contribution in [0, 0.1) is 0 Å². The molecule has 1 aromatic rings. The monoisotopic (exact) mass is 233 g/mol. The molecule has 0 radical (unpaired) electrons. The van der Waals surface area contributed by atoms with Crippen LogP contribution in [0.1, 0.15) is 6.42 Å². The maximum atomic E-state index is 11.7. The predicted molar refractivity (Wildman–Crippen MR) is 50.8 cm³/mol. The van der Waals surface area contributed by atoms with Gasteiger partial charge in [0, 0.05) is 13.6 Å². The fourth-order valence-corrected chi connectivity index (χ4v) is 2.05. The number of carbonyl (C=O) groups is 1. The lowest BCUT2D eigenvalue weighted by Gasteiger charge is -2.14. The average molecular weight is 233 g/mol. The molecule has 0 saturated heterocycles. The fraction of sp³-hybridized carbons (Fsp3) is 0.375. The Hall–Kier alpha value is -1.34. The van der Waals surface area contributed by atoms with Crippen molar-refractivity contribution in [1.82, 2.24) is 4.31 Å².